The second-order valence-electron chi connectivity index (χ2n) is 3.81. The van der Waals surface area contributed by atoms with E-state index in [2.05, 4.69) is 4.74 Å². The monoisotopic (exact) mass is 365 g/mol. The molecule has 1 aromatic rings. The van der Waals surface area contributed by atoms with Crippen molar-refractivity contribution in [1.82, 2.24) is 0 Å². The zero-order chi connectivity index (χ0) is 13.9. The Labute approximate surface area is 118 Å². The number of carbonyl (C=O) groups excluding carboxylic acids is 1. The van der Waals surface area contributed by atoms with E-state index in [4.69, 9.17) is 4.74 Å². The highest BCUT2D eigenvalue weighted by Gasteiger charge is 2.20. The number of nitro groups is 1. The summed E-state index contributed by atoms with van der Waals surface area (Å²) >= 11 is 1.89. The number of methoxy groups -OCH3 is 1. The average molecular weight is 365 g/mol. The maximum absolute atomic E-state index is 11.1. The quantitative estimate of drug-likeness (QED) is 0.270. The predicted octanol–water partition coefficient (Wildman–Crippen LogP) is 3.47. The van der Waals surface area contributed by atoms with E-state index in [9.17, 15) is 14.9 Å². The molecule has 0 bridgehead atoms. The molecule has 0 aliphatic heterocycles. The summed E-state index contributed by atoms with van der Waals surface area (Å²) in [7, 11) is 1.20. The van der Waals surface area contributed by atoms with E-state index in [1.165, 1.54) is 19.2 Å². The van der Waals surface area contributed by atoms with E-state index < -0.39 is 11.1 Å². The number of ether oxygens (including phenoxy) is 2. The molecule has 7 heteroatoms. The van der Waals surface area contributed by atoms with Gasteiger partial charge in [-0.25, -0.2) is 4.79 Å². The summed E-state index contributed by atoms with van der Waals surface area (Å²) in [4.78, 5) is 21.5. The van der Waals surface area contributed by atoms with E-state index in [0.717, 1.165) is 0 Å². The molecule has 0 heterocycles. The van der Waals surface area contributed by atoms with Crippen LogP contribution < -0.4 is 4.74 Å². The van der Waals surface area contributed by atoms with Crippen LogP contribution in [0.1, 0.15) is 25.3 Å². The van der Waals surface area contributed by atoms with Crippen LogP contribution in [0.5, 0.6) is 5.75 Å². The highest BCUT2D eigenvalue weighted by atomic mass is 127. The molecule has 0 aliphatic rings. The van der Waals surface area contributed by atoms with Crippen molar-refractivity contribution in [2.45, 2.75) is 19.8 Å². The van der Waals surface area contributed by atoms with Crippen LogP contribution >= 0.6 is 22.6 Å². The predicted molar refractivity (Wildman–Crippen MR) is 72.9 cm³/mol. The molecule has 0 fully saturated rings. The zero-order valence-electron chi connectivity index (χ0n) is 10.1. The van der Waals surface area contributed by atoms with Gasteiger partial charge in [0.15, 0.2) is 5.75 Å². The lowest BCUT2D eigenvalue weighted by Crippen LogP contribution is -2.11. The number of nitrogens with zero attached hydrogens (tertiary/aromatic N) is 1. The maximum Gasteiger partial charge on any atom is 0.513 e. The zero-order valence-corrected chi connectivity index (χ0v) is 12.3. The molecule has 98 valence electrons. The Kier molecular flexibility index (Phi) is 4.88. The van der Waals surface area contributed by atoms with Crippen molar-refractivity contribution >= 4 is 34.4 Å². The van der Waals surface area contributed by atoms with E-state index >= 15 is 0 Å². The largest absolute Gasteiger partial charge is 0.513 e. The Morgan fingerprint density at radius 3 is 2.50 bits per heavy atom. The third kappa shape index (κ3) is 3.31. The standard InChI is InChI=1S/C11H12INO5/c1-6(2)8-4-7(13(15)16)5-9(12)10(8)18-11(14)17-3/h4-6H,1-3H3. The third-order valence-corrected chi connectivity index (χ3v) is 3.04. The number of halogens is 1. The molecule has 0 atom stereocenters. The molecule has 1 aromatic carbocycles. The van der Waals surface area contributed by atoms with E-state index in [1.54, 1.807) is 0 Å². The molecule has 0 amide bonds. The van der Waals surface area contributed by atoms with Gasteiger partial charge in [0.1, 0.15) is 0 Å². The van der Waals surface area contributed by atoms with Crippen LogP contribution in [0.2, 0.25) is 0 Å². The van der Waals surface area contributed by atoms with E-state index in [0.29, 0.717) is 14.9 Å². The first-order valence-corrected chi connectivity index (χ1v) is 6.18. The van der Waals surface area contributed by atoms with Gasteiger partial charge in [-0.1, -0.05) is 13.8 Å². The molecular formula is C11H12INO5. The smallest absolute Gasteiger partial charge is 0.437 e. The van der Waals surface area contributed by atoms with Gasteiger partial charge in [-0.3, -0.25) is 10.1 Å². The van der Waals surface area contributed by atoms with Crippen molar-refractivity contribution in [2.24, 2.45) is 0 Å². The van der Waals surface area contributed by atoms with Crippen molar-refractivity contribution in [3.05, 3.63) is 31.4 Å². The number of hydrogen-bond donors (Lipinski definition) is 0. The summed E-state index contributed by atoms with van der Waals surface area (Å²) in [6.07, 6.45) is -0.844. The number of nitro benzene ring substituents is 1. The highest BCUT2D eigenvalue weighted by molar-refractivity contribution is 14.1. The number of hydrogen-bond acceptors (Lipinski definition) is 5. The first-order valence-electron chi connectivity index (χ1n) is 5.10. The van der Waals surface area contributed by atoms with Gasteiger partial charge in [-0.05, 0) is 28.5 Å². The highest BCUT2D eigenvalue weighted by Crippen LogP contribution is 2.35. The van der Waals surface area contributed by atoms with Crippen molar-refractivity contribution in [3.8, 4) is 5.75 Å². The van der Waals surface area contributed by atoms with Gasteiger partial charge >= 0.3 is 6.16 Å². The lowest BCUT2D eigenvalue weighted by atomic mass is 10.0. The van der Waals surface area contributed by atoms with Gasteiger partial charge in [-0.15, -0.1) is 0 Å². The van der Waals surface area contributed by atoms with Crippen LogP contribution in [-0.4, -0.2) is 18.2 Å². The Hall–Kier alpha value is -1.38. The SMILES string of the molecule is COC(=O)Oc1c(I)cc([N+](=O)[O-])cc1C(C)C. The fourth-order valence-corrected chi connectivity index (χ4v) is 2.11. The lowest BCUT2D eigenvalue weighted by molar-refractivity contribution is -0.385. The first-order chi connectivity index (χ1) is 8.36. The van der Waals surface area contributed by atoms with Crippen LogP contribution in [0.15, 0.2) is 12.1 Å². The van der Waals surface area contributed by atoms with Gasteiger partial charge in [0.05, 0.1) is 15.6 Å². The van der Waals surface area contributed by atoms with Crippen LogP contribution in [0.3, 0.4) is 0 Å². The van der Waals surface area contributed by atoms with Crippen LogP contribution in [0.25, 0.3) is 0 Å². The second-order valence-corrected chi connectivity index (χ2v) is 4.98. The fraction of sp³-hybridized carbons (Fsp3) is 0.364. The molecular weight excluding hydrogens is 353 g/mol. The van der Waals surface area contributed by atoms with Gasteiger partial charge in [-0.2, -0.15) is 0 Å². The minimum atomic E-state index is -0.844. The first kappa shape index (κ1) is 14.7. The molecule has 0 N–H and O–H groups in total. The van der Waals surface area contributed by atoms with Crippen molar-refractivity contribution in [3.63, 3.8) is 0 Å². The molecule has 18 heavy (non-hydrogen) atoms. The van der Waals surface area contributed by atoms with Gasteiger partial charge in [0.2, 0.25) is 0 Å². The summed E-state index contributed by atoms with van der Waals surface area (Å²) in [5.74, 6) is 0.293. The van der Waals surface area contributed by atoms with E-state index in [1.807, 2.05) is 36.4 Å². The Morgan fingerprint density at radius 1 is 1.44 bits per heavy atom. The average Bonchev–Trinajstić information content (AvgIpc) is 2.30. The minimum absolute atomic E-state index is 0.0157. The molecule has 0 saturated carbocycles. The topological polar surface area (TPSA) is 78.7 Å². The minimum Gasteiger partial charge on any atom is -0.437 e. The van der Waals surface area contributed by atoms with Crippen LogP contribution in [0.4, 0.5) is 10.5 Å². The molecule has 0 radical (unpaired) electrons. The van der Waals surface area contributed by atoms with Gasteiger partial charge < -0.3 is 9.47 Å². The van der Waals surface area contributed by atoms with Crippen molar-refractivity contribution in [2.75, 3.05) is 7.11 Å². The normalized spacial score (nSPS) is 10.3. The number of rotatable bonds is 3. The summed E-state index contributed by atoms with van der Waals surface area (Å²) in [6.45, 7) is 3.72. The Morgan fingerprint density at radius 2 is 2.06 bits per heavy atom. The number of non-ortho nitro benzene ring substituents is 1. The van der Waals surface area contributed by atoms with Crippen LogP contribution in [-0.2, 0) is 4.74 Å². The Balaban J connectivity index is 3.31. The summed E-state index contributed by atoms with van der Waals surface area (Å²) < 4.78 is 9.95. The molecule has 0 saturated heterocycles. The summed E-state index contributed by atoms with van der Waals surface area (Å²) in [5.41, 5.74) is 0.569. The number of benzene rings is 1. The Bertz CT molecular complexity index is 487. The second kappa shape index (κ2) is 5.98. The number of carbonyl (C=O) groups is 1. The summed E-state index contributed by atoms with van der Waals surface area (Å²) in [6, 6.07) is 2.76. The third-order valence-electron chi connectivity index (χ3n) is 2.24. The molecule has 0 aliphatic carbocycles. The maximum atomic E-state index is 11.1. The van der Waals surface area contributed by atoms with E-state index in [-0.39, 0.29) is 11.6 Å². The van der Waals surface area contributed by atoms with Gasteiger partial charge in [0, 0.05) is 17.7 Å². The van der Waals surface area contributed by atoms with Crippen molar-refractivity contribution < 1.29 is 19.2 Å². The van der Waals surface area contributed by atoms with Crippen LogP contribution in [0, 0.1) is 13.7 Å². The fourth-order valence-electron chi connectivity index (χ4n) is 1.37. The summed E-state index contributed by atoms with van der Waals surface area (Å²) in [5, 5.41) is 10.8. The molecule has 0 spiro atoms. The van der Waals surface area contributed by atoms with Crippen molar-refractivity contribution in [1.29, 1.82) is 0 Å². The lowest BCUT2D eigenvalue weighted by Gasteiger charge is -2.13. The molecule has 0 aromatic heterocycles. The molecule has 6 nitrogen and oxygen atoms in total. The molecule has 0 unspecified atom stereocenters. The van der Waals surface area contributed by atoms with Gasteiger partial charge in [0.25, 0.3) is 5.69 Å². The molecule has 1 rings (SSSR count).